The summed E-state index contributed by atoms with van der Waals surface area (Å²) in [6.07, 6.45) is 5.85. The number of carbonyl (C=O) groups excluding carboxylic acids is 2. The summed E-state index contributed by atoms with van der Waals surface area (Å²) >= 11 is 0. The highest BCUT2D eigenvalue weighted by atomic mass is 16.5. The average Bonchev–Trinajstić information content (AvgIpc) is 3.33. The van der Waals surface area contributed by atoms with Gasteiger partial charge in [-0.15, -0.1) is 0 Å². The van der Waals surface area contributed by atoms with Crippen LogP contribution < -0.4 is 0 Å². The quantitative estimate of drug-likeness (QED) is 0.800. The molecule has 3 aliphatic rings. The van der Waals surface area contributed by atoms with E-state index in [1.165, 1.54) is 5.56 Å². The van der Waals surface area contributed by atoms with Gasteiger partial charge in [0.05, 0.1) is 12.0 Å². The van der Waals surface area contributed by atoms with E-state index in [1.54, 1.807) is 0 Å². The standard InChI is InChI=1S/C22H30N2O3/c25-21-14-19(15-24(21)16-20-7-4-12-27-20)22(26)23-10-8-18(9-11-23)13-17-5-2-1-3-6-17/h1-3,5-6,18-20H,4,7-16H2. The van der Waals surface area contributed by atoms with Crippen molar-refractivity contribution in [2.75, 3.05) is 32.8 Å². The van der Waals surface area contributed by atoms with Crippen LogP contribution in [0.2, 0.25) is 0 Å². The third-order valence-corrected chi connectivity index (χ3v) is 6.31. The Kier molecular flexibility index (Phi) is 5.77. The predicted octanol–water partition coefficient (Wildman–Crippen LogP) is 2.50. The van der Waals surface area contributed by atoms with Crippen LogP contribution in [0, 0.1) is 11.8 Å². The van der Waals surface area contributed by atoms with E-state index in [4.69, 9.17) is 4.74 Å². The first-order chi connectivity index (χ1) is 13.2. The van der Waals surface area contributed by atoms with E-state index in [0.29, 0.717) is 25.4 Å². The van der Waals surface area contributed by atoms with E-state index in [-0.39, 0.29) is 23.8 Å². The molecule has 0 saturated carbocycles. The lowest BCUT2D eigenvalue weighted by molar-refractivity contribution is -0.137. The van der Waals surface area contributed by atoms with Crippen LogP contribution in [-0.4, -0.2) is 60.5 Å². The summed E-state index contributed by atoms with van der Waals surface area (Å²) in [4.78, 5) is 29.1. The van der Waals surface area contributed by atoms with Gasteiger partial charge in [-0.3, -0.25) is 9.59 Å². The maximum absolute atomic E-state index is 12.9. The summed E-state index contributed by atoms with van der Waals surface area (Å²) in [6.45, 7) is 3.68. The minimum Gasteiger partial charge on any atom is -0.376 e. The van der Waals surface area contributed by atoms with Crippen molar-refractivity contribution in [3.05, 3.63) is 35.9 Å². The molecule has 0 aliphatic carbocycles. The summed E-state index contributed by atoms with van der Waals surface area (Å²) in [6, 6.07) is 10.6. The van der Waals surface area contributed by atoms with Gasteiger partial charge in [0.1, 0.15) is 0 Å². The maximum atomic E-state index is 12.9. The van der Waals surface area contributed by atoms with E-state index in [1.807, 2.05) is 9.80 Å². The Morgan fingerprint density at radius 1 is 1.11 bits per heavy atom. The zero-order valence-electron chi connectivity index (χ0n) is 16.0. The maximum Gasteiger partial charge on any atom is 0.227 e. The van der Waals surface area contributed by atoms with Crippen LogP contribution in [0.3, 0.4) is 0 Å². The Morgan fingerprint density at radius 3 is 2.59 bits per heavy atom. The monoisotopic (exact) mass is 370 g/mol. The third kappa shape index (κ3) is 4.52. The van der Waals surface area contributed by atoms with E-state index < -0.39 is 0 Å². The van der Waals surface area contributed by atoms with Crippen LogP contribution in [0.1, 0.15) is 37.7 Å². The summed E-state index contributed by atoms with van der Waals surface area (Å²) < 4.78 is 5.65. The second kappa shape index (κ2) is 8.42. The fourth-order valence-electron chi connectivity index (χ4n) is 4.71. The number of ether oxygens (including phenoxy) is 1. The smallest absolute Gasteiger partial charge is 0.227 e. The molecule has 1 aromatic carbocycles. The number of hydrogen-bond acceptors (Lipinski definition) is 3. The highest BCUT2D eigenvalue weighted by Gasteiger charge is 2.38. The van der Waals surface area contributed by atoms with E-state index in [9.17, 15) is 9.59 Å². The molecule has 2 unspecified atom stereocenters. The predicted molar refractivity (Wildman–Crippen MR) is 103 cm³/mol. The second-order valence-corrected chi connectivity index (χ2v) is 8.29. The second-order valence-electron chi connectivity index (χ2n) is 8.29. The van der Waals surface area contributed by atoms with Crippen molar-refractivity contribution >= 4 is 11.8 Å². The summed E-state index contributed by atoms with van der Waals surface area (Å²) in [5.41, 5.74) is 1.38. The zero-order valence-corrected chi connectivity index (χ0v) is 16.0. The molecule has 3 aliphatic heterocycles. The first-order valence-electron chi connectivity index (χ1n) is 10.4. The van der Waals surface area contributed by atoms with Gasteiger partial charge in [-0.1, -0.05) is 30.3 Å². The van der Waals surface area contributed by atoms with Crippen LogP contribution in [0.25, 0.3) is 0 Å². The molecule has 3 fully saturated rings. The molecule has 2 atom stereocenters. The van der Waals surface area contributed by atoms with Crippen molar-refractivity contribution in [1.82, 2.24) is 9.80 Å². The lowest BCUT2D eigenvalue weighted by Gasteiger charge is -2.33. The molecule has 27 heavy (non-hydrogen) atoms. The molecule has 5 nitrogen and oxygen atoms in total. The first kappa shape index (κ1) is 18.5. The van der Waals surface area contributed by atoms with Gasteiger partial charge >= 0.3 is 0 Å². The number of carbonyl (C=O) groups is 2. The molecule has 3 saturated heterocycles. The fraction of sp³-hybridized carbons (Fsp3) is 0.636. The molecule has 146 valence electrons. The Bertz CT molecular complexity index is 649. The molecule has 5 heteroatoms. The summed E-state index contributed by atoms with van der Waals surface area (Å²) in [5.74, 6) is 0.779. The number of benzene rings is 1. The zero-order chi connectivity index (χ0) is 18.6. The molecule has 0 bridgehead atoms. The van der Waals surface area contributed by atoms with Crippen molar-refractivity contribution < 1.29 is 14.3 Å². The largest absolute Gasteiger partial charge is 0.376 e. The Morgan fingerprint density at radius 2 is 1.89 bits per heavy atom. The molecule has 2 amide bonds. The highest BCUT2D eigenvalue weighted by Crippen LogP contribution is 2.26. The number of nitrogens with zero attached hydrogens (tertiary/aromatic N) is 2. The lowest BCUT2D eigenvalue weighted by Crippen LogP contribution is -2.43. The summed E-state index contributed by atoms with van der Waals surface area (Å²) in [7, 11) is 0. The Hall–Kier alpha value is -1.88. The van der Waals surface area contributed by atoms with Crippen molar-refractivity contribution in [2.45, 2.75) is 44.6 Å². The van der Waals surface area contributed by atoms with Crippen molar-refractivity contribution in [1.29, 1.82) is 0 Å². The number of hydrogen-bond donors (Lipinski definition) is 0. The van der Waals surface area contributed by atoms with Gasteiger partial charge in [-0.2, -0.15) is 0 Å². The Balaban J connectivity index is 1.25. The molecular weight excluding hydrogens is 340 g/mol. The summed E-state index contributed by atoms with van der Waals surface area (Å²) in [5, 5.41) is 0. The van der Waals surface area contributed by atoms with E-state index >= 15 is 0 Å². The third-order valence-electron chi connectivity index (χ3n) is 6.31. The Labute approximate surface area is 161 Å². The van der Waals surface area contributed by atoms with Crippen LogP contribution in [-0.2, 0) is 20.7 Å². The molecule has 0 spiro atoms. The van der Waals surface area contributed by atoms with E-state index in [0.717, 1.165) is 51.8 Å². The normalized spacial score (nSPS) is 26.7. The molecule has 0 N–H and O–H groups in total. The topological polar surface area (TPSA) is 49.9 Å². The number of rotatable bonds is 5. The van der Waals surface area contributed by atoms with Crippen LogP contribution >= 0.6 is 0 Å². The lowest BCUT2D eigenvalue weighted by atomic mass is 9.89. The number of likely N-dealkylation sites (tertiary alicyclic amines) is 2. The molecule has 0 radical (unpaired) electrons. The minimum atomic E-state index is -0.162. The van der Waals surface area contributed by atoms with Crippen LogP contribution in [0.5, 0.6) is 0 Å². The van der Waals surface area contributed by atoms with Crippen LogP contribution in [0.15, 0.2) is 30.3 Å². The molecule has 0 aromatic heterocycles. The first-order valence-corrected chi connectivity index (χ1v) is 10.4. The fourth-order valence-corrected chi connectivity index (χ4v) is 4.71. The van der Waals surface area contributed by atoms with Gasteiger partial charge < -0.3 is 14.5 Å². The van der Waals surface area contributed by atoms with Gasteiger partial charge in [-0.05, 0) is 43.6 Å². The minimum absolute atomic E-state index is 0.114. The van der Waals surface area contributed by atoms with Crippen molar-refractivity contribution in [3.63, 3.8) is 0 Å². The van der Waals surface area contributed by atoms with Crippen LogP contribution in [0.4, 0.5) is 0 Å². The average molecular weight is 370 g/mol. The molecule has 1 aromatic rings. The van der Waals surface area contributed by atoms with Gasteiger partial charge in [0.2, 0.25) is 11.8 Å². The molecule has 4 rings (SSSR count). The number of amides is 2. The number of piperidine rings is 1. The highest BCUT2D eigenvalue weighted by molar-refractivity contribution is 5.89. The SMILES string of the molecule is O=C1CC(C(=O)N2CCC(Cc3ccccc3)CC2)CN1CC1CCCO1. The molecule has 3 heterocycles. The van der Waals surface area contributed by atoms with Gasteiger partial charge in [-0.25, -0.2) is 0 Å². The van der Waals surface area contributed by atoms with Crippen molar-refractivity contribution in [2.24, 2.45) is 11.8 Å². The van der Waals surface area contributed by atoms with Gasteiger partial charge in [0, 0.05) is 39.2 Å². The van der Waals surface area contributed by atoms with Gasteiger partial charge in [0.15, 0.2) is 0 Å². The van der Waals surface area contributed by atoms with Crippen molar-refractivity contribution in [3.8, 4) is 0 Å². The van der Waals surface area contributed by atoms with E-state index in [2.05, 4.69) is 30.3 Å². The molecular formula is C22H30N2O3. The van der Waals surface area contributed by atoms with Gasteiger partial charge in [0.25, 0.3) is 0 Å².